The van der Waals surface area contributed by atoms with E-state index in [9.17, 15) is 13.2 Å². The molecule has 0 saturated carbocycles. The van der Waals surface area contributed by atoms with Crippen molar-refractivity contribution < 1.29 is 17.9 Å². The molecule has 0 radical (unpaired) electrons. The van der Waals surface area contributed by atoms with Crippen LogP contribution in [-0.2, 0) is 5.88 Å². The molecule has 14 heavy (non-hydrogen) atoms. The van der Waals surface area contributed by atoms with Crippen LogP contribution in [0, 0.1) is 5.82 Å². The first-order chi connectivity index (χ1) is 6.60. The fraction of sp³-hybridized carbons (Fsp3) is 0.375. The molecule has 0 bridgehead atoms. The van der Waals surface area contributed by atoms with Crippen molar-refractivity contribution in [2.75, 3.05) is 7.11 Å². The predicted molar refractivity (Wildman–Crippen MR) is 45.3 cm³/mol. The van der Waals surface area contributed by atoms with Crippen molar-refractivity contribution in [1.29, 1.82) is 0 Å². The molecule has 1 aromatic heterocycles. The second-order valence-corrected chi connectivity index (χ2v) is 2.72. The molecule has 1 heterocycles. The van der Waals surface area contributed by atoms with Gasteiger partial charge in [-0.1, -0.05) is 0 Å². The summed E-state index contributed by atoms with van der Waals surface area (Å²) < 4.78 is 42.3. The van der Waals surface area contributed by atoms with Gasteiger partial charge in [0.15, 0.2) is 0 Å². The number of pyridine rings is 1. The number of hydrogen-bond acceptors (Lipinski definition) is 2. The molecule has 0 N–H and O–H groups in total. The molecule has 0 unspecified atom stereocenters. The Morgan fingerprint density at radius 2 is 2.21 bits per heavy atom. The predicted octanol–water partition coefficient (Wildman–Crippen LogP) is 2.91. The summed E-state index contributed by atoms with van der Waals surface area (Å²) in [6.07, 6.45) is -2.96. The van der Waals surface area contributed by atoms with E-state index in [1.807, 2.05) is 0 Å². The summed E-state index contributed by atoms with van der Waals surface area (Å²) in [7, 11) is 1.14. The molecule has 6 heteroatoms. The van der Waals surface area contributed by atoms with Crippen molar-refractivity contribution in [3.63, 3.8) is 0 Å². The number of methoxy groups -OCH3 is 1. The molecule has 1 aromatic rings. The Bertz CT molecular complexity index is 333. The largest absolute Gasteiger partial charge is 0.481 e. The Hall–Kier alpha value is -0.970. The summed E-state index contributed by atoms with van der Waals surface area (Å²) in [4.78, 5) is 3.62. The monoisotopic (exact) mass is 225 g/mol. The van der Waals surface area contributed by atoms with Crippen molar-refractivity contribution in [2.45, 2.75) is 12.3 Å². The Labute approximate surface area is 83.7 Å². The lowest BCUT2D eigenvalue weighted by atomic mass is 10.2. The van der Waals surface area contributed by atoms with E-state index in [0.29, 0.717) is 0 Å². The van der Waals surface area contributed by atoms with Gasteiger partial charge in [0.25, 0.3) is 6.43 Å². The summed E-state index contributed by atoms with van der Waals surface area (Å²) in [5.74, 6) is -1.53. The quantitative estimate of drug-likeness (QED) is 0.738. The Morgan fingerprint density at radius 3 is 2.64 bits per heavy atom. The number of hydrogen-bond donors (Lipinski definition) is 0. The van der Waals surface area contributed by atoms with Crippen LogP contribution in [0.15, 0.2) is 6.07 Å². The first-order valence-electron chi connectivity index (χ1n) is 3.67. The molecular formula is C8H7ClF3NO. The van der Waals surface area contributed by atoms with E-state index in [4.69, 9.17) is 11.6 Å². The number of ether oxygens (including phenoxy) is 1. The minimum absolute atomic E-state index is 0.0587. The second-order valence-electron chi connectivity index (χ2n) is 2.45. The number of halogens is 4. The summed E-state index contributed by atoms with van der Waals surface area (Å²) >= 11 is 5.39. The van der Waals surface area contributed by atoms with E-state index in [1.54, 1.807) is 0 Å². The molecule has 0 aromatic carbocycles. The van der Waals surface area contributed by atoms with Gasteiger partial charge in [-0.25, -0.2) is 18.2 Å². The van der Waals surface area contributed by atoms with Crippen LogP contribution in [0.2, 0.25) is 0 Å². The third-order valence-electron chi connectivity index (χ3n) is 1.57. The normalized spacial score (nSPS) is 10.7. The molecule has 0 amide bonds. The summed E-state index contributed by atoms with van der Waals surface area (Å²) in [6.45, 7) is 0. The highest BCUT2D eigenvalue weighted by atomic mass is 35.5. The third-order valence-corrected chi connectivity index (χ3v) is 1.85. The average molecular weight is 226 g/mol. The van der Waals surface area contributed by atoms with Crippen LogP contribution in [0.5, 0.6) is 5.88 Å². The van der Waals surface area contributed by atoms with Gasteiger partial charge in [0.2, 0.25) is 5.88 Å². The number of alkyl halides is 3. The van der Waals surface area contributed by atoms with Gasteiger partial charge < -0.3 is 4.74 Å². The molecule has 0 fully saturated rings. The minimum Gasteiger partial charge on any atom is -0.481 e. The highest BCUT2D eigenvalue weighted by molar-refractivity contribution is 6.16. The Kier molecular flexibility index (Phi) is 3.57. The molecule has 0 aliphatic carbocycles. The van der Waals surface area contributed by atoms with Crippen LogP contribution in [-0.4, -0.2) is 12.1 Å². The third kappa shape index (κ3) is 2.09. The van der Waals surface area contributed by atoms with E-state index >= 15 is 0 Å². The van der Waals surface area contributed by atoms with Gasteiger partial charge in [-0.15, -0.1) is 11.6 Å². The lowest BCUT2D eigenvalue weighted by molar-refractivity contribution is 0.140. The fourth-order valence-corrected chi connectivity index (χ4v) is 1.11. The standard InChI is InChI=1S/C8H7ClF3NO/c1-14-8-6(7(11)12)5(10)2-4(3-9)13-8/h2,7H,3H2,1H3. The van der Waals surface area contributed by atoms with Gasteiger partial charge in [0.05, 0.1) is 18.7 Å². The van der Waals surface area contributed by atoms with Crippen LogP contribution >= 0.6 is 11.6 Å². The SMILES string of the molecule is COc1nc(CCl)cc(F)c1C(F)F. The zero-order chi connectivity index (χ0) is 10.7. The second kappa shape index (κ2) is 4.50. The van der Waals surface area contributed by atoms with Gasteiger partial charge in [0.1, 0.15) is 11.4 Å². The van der Waals surface area contributed by atoms with Gasteiger partial charge in [-0.3, -0.25) is 0 Å². The smallest absolute Gasteiger partial charge is 0.271 e. The fourth-order valence-electron chi connectivity index (χ4n) is 0.971. The van der Waals surface area contributed by atoms with Crippen molar-refractivity contribution in [3.8, 4) is 5.88 Å². The van der Waals surface area contributed by atoms with Crippen molar-refractivity contribution in [3.05, 3.63) is 23.1 Å². The molecule has 1 rings (SSSR count). The molecule has 78 valence electrons. The maximum absolute atomic E-state index is 13.1. The van der Waals surface area contributed by atoms with Crippen LogP contribution in [0.1, 0.15) is 17.7 Å². The number of rotatable bonds is 3. The van der Waals surface area contributed by atoms with Crippen molar-refractivity contribution in [2.24, 2.45) is 0 Å². The topological polar surface area (TPSA) is 22.1 Å². The molecule has 0 saturated heterocycles. The van der Waals surface area contributed by atoms with Gasteiger partial charge in [-0.05, 0) is 6.07 Å². The molecule has 2 nitrogen and oxygen atoms in total. The highest BCUT2D eigenvalue weighted by Gasteiger charge is 2.21. The summed E-state index contributed by atoms with van der Waals surface area (Å²) in [5, 5.41) is 0. The van der Waals surface area contributed by atoms with Crippen LogP contribution in [0.4, 0.5) is 13.2 Å². The number of nitrogens with zero attached hydrogens (tertiary/aromatic N) is 1. The van der Waals surface area contributed by atoms with E-state index < -0.39 is 23.7 Å². The molecule has 0 aliphatic rings. The van der Waals surface area contributed by atoms with Crippen LogP contribution in [0.3, 0.4) is 0 Å². The molecule has 0 atom stereocenters. The van der Waals surface area contributed by atoms with Gasteiger partial charge in [-0.2, -0.15) is 0 Å². The molecular weight excluding hydrogens is 219 g/mol. The van der Waals surface area contributed by atoms with Crippen molar-refractivity contribution in [1.82, 2.24) is 4.98 Å². The van der Waals surface area contributed by atoms with E-state index in [2.05, 4.69) is 9.72 Å². The zero-order valence-electron chi connectivity index (χ0n) is 7.23. The Morgan fingerprint density at radius 1 is 1.57 bits per heavy atom. The minimum atomic E-state index is -2.96. The van der Waals surface area contributed by atoms with Gasteiger partial charge in [0, 0.05) is 0 Å². The molecule has 0 aliphatic heterocycles. The summed E-state index contributed by atoms with van der Waals surface area (Å²) in [6, 6.07) is 0.872. The van der Waals surface area contributed by atoms with Crippen molar-refractivity contribution >= 4 is 11.6 Å². The lowest BCUT2D eigenvalue weighted by Gasteiger charge is -2.08. The number of aromatic nitrogens is 1. The highest BCUT2D eigenvalue weighted by Crippen LogP contribution is 2.30. The van der Waals surface area contributed by atoms with E-state index in [0.717, 1.165) is 13.2 Å². The first kappa shape index (κ1) is 11.1. The lowest BCUT2D eigenvalue weighted by Crippen LogP contribution is -2.02. The van der Waals surface area contributed by atoms with Gasteiger partial charge >= 0.3 is 0 Å². The maximum Gasteiger partial charge on any atom is 0.271 e. The Balaban J connectivity index is 3.27. The molecule has 0 spiro atoms. The van der Waals surface area contributed by atoms with Crippen LogP contribution < -0.4 is 4.74 Å². The average Bonchev–Trinajstić information content (AvgIpc) is 2.15. The van der Waals surface area contributed by atoms with E-state index in [1.165, 1.54) is 0 Å². The first-order valence-corrected chi connectivity index (χ1v) is 4.21. The maximum atomic E-state index is 13.1. The summed E-state index contributed by atoms with van der Waals surface area (Å²) in [5.41, 5.74) is -0.674. The van der Waals surface area contributed by atoms with Crippen LogP contribution in [0.25, 0.3) is 0 Å². The zero-order valence-corrected chi connectivity index (χ0v) is 7.99. The van der Waals surface area contributed by atoms with E-state index in [-0.39, 0.29) is 11.6 Å².